The summed E-state index contributed by atoms with van der Waals surface area (Å²) in [6, 6.07) is 33.1. The number of ketones is 1. The molecule has 356 valence electrons. The molecule has 1 aromatic heterocycles. The Morgan fingerprint density at radius 2 is 1.38 bits per heavy atom. The number of anilines is 1. The molecule has 1 N–H and O–H groups in total. The number of aromatic nitrogens is 2. The van der Waals surface area contributed by atoms with Crippen molar-refractivity contribution in [2.45, 2.75) is 92.0 Å². The molecule has 11 nitrogen and oxygen atoms in total. The molecule has 0 unspecified atom stereocenters. The maximum absolute atomic E-state index is 13.5. The molecule has 5 aromatic carbocycles. The van der Waals surface area contributed by atoms with Crippen molar-refractivity contribution >= 4 is 22.4 Å². The fourth-order valence-corrected chi connectivity index (χ4v) is 8.12. The fourth-order valence-electron chi connectivity index (χ4n) is 8.12. The van der Waals surface area contributed by atoms with Crippen molar-refractivity contribution in [2.75, 3.05) is 46.9 Å². The number of hydrogen-bond donors (Lipinski definition) is 1. The highest BCUT2D eigenvalue weighted by molar-refractivity contribution is 6.13. The van der Waals surface area contributed by atoms with Crippen LogP contribution in [0.1, 0.15) is 112 Å². The molecule has 0 saturated heterocycles. The van der Waals surface area contributed by atoms with Gasteiger partial charge in [-0.2, -0.15) is 10.2 Å². The molecule has 68 heavy (non-hydrogen) atoms. The quantitative estimate of drug-likeness (QED) is 0.0549. The zero-order valence-electron chi connectivity index (χ0n) is 41.3. The highest BCUT2D eigenvalue weighted by Gasteiger charge is 2.27. The van der Waals surface area contributed by atoms with Crippen molar-refractivity contribution in [2.24, 2.45) is 5.41 Å². The summed E-state index contributed by atoms with van der Waals surface area (Å²) < 4.78 is 29.1. The molecule has 0 atom stereocenters. The van der Waals surface area contributed by atoms with Gasteiger partial charge in [0.2, 0.25) is 0 Å². The first kappa shape index (κ1) is 51.7. The predicted octanol–water partition coefficient (Wildman–Crippen LogP) is 12.0. The molecule has 1 heterocycles. The lowest BCUT2D eigenvalue weighted by atomic mass is 9.78. The summed E-state index contributed by atoms with van der Waals surface area (Å²) >= 11 is 0. The molecule has 0 fully saturated rings. The van der Waals surface area contributed by atoms with Crippen molar-refractivity contribution < 1.29 is 28.5 Å². The van der Waals surface area contributed by atoms with Crippen LogP contribution >= 0.6 is 0 Å². The molecule has 6 aromatic rings. The first-order chi connectivity index (χ1) is 32.8. The van der Waals surface area contributed by atoms with Gasteiger partial charge in [0.15, 0.2) is 17.3 Å². The average molecular weight is 919 g/mol. The summed E-state index contributed by atoms with van der Waals surface area (Å²) in [5, 5.41) is 13.4. The van der Waals surface area contributed by atoms with Gasteiger partial charge in [-0.1, -0.05) is 96.0 Å². The van der Waals surface area contributed by atoms with E-state index in [-0.39, 0.29) is 23.5 Å². The smallest absolute Gasteiger partial charge is 0.348 e. The van der Waals surface area contributed by atoms with E-state index in [9.17, 15) is 9.59 Å². The highest BCUT2D eigenvalue weighted by atomic mass is 16.5. The van der Waals surface area contributed by atoms with E-state index in [2.05, 4.69) is 76.0 Å². The van der Waals surface area contributed by atoms with E-state index in [1.807, 2.05) is 78.9 Å². The Bertz CT molecular complexity index is 2750. The third-order valence-electron chi connectivity index (χ3n) is 12.7. The van der Waals surface area contributed by atoms with Crippen LogP contribution in [0.25, 0.3) is 22.2 Å². The Labute approximate surface area is 402 Å². The monoisotopic (exact) mass is 918 g/mol. The molecular weight excluding hydrogens is 853 g/mol. The van der Waals surface area contributed by atoms with Gasteiger partial charge in [-0.25, -0.2) is 4.79 Å². The van der Waals surface area contributed by atoms with Gasteiger partial charge < -0.3 is 29.0 Å². The molecule has 0 saturated carbocycles. The largest absolute Gasteiger partial charge is 0.497 e. The minimum atomic E-state index is -0.308. The molecule has 0 aliphatic rings. The van der Waals surface area contributed by atoms with Gasteiger partial charge >= 0.3 is 5.69 Å². The zero-order valence-corrected chi connectivity index (χ0v) is 41.3. The van der Waals surface area contributed by atoms with Crippen molar-refractivity contribution in [1.29, 1.82) is 5.26 Å². The number of aryl methyl sites for hydroxylation is 2. The Hall–Kier alpha value is -7.24. The lowest BCUT2D eigenvalue weighted by molar-refractivity contribution is 0.103. The van der Waals surface area contributed by atoms with Crippen LogP contribution < -0.4 is 34.7 Å². The number of nitrogens with one attached hydrogen (secondary N) is 1. The third kappa shape index (κ3) is 12.8. The van der Waals surface area contributed by atoms with E-state index in [1.165, 1.54) is 11.1 Å². The molecule has 6 rings (SSSR count). The Morgan fingerprint density at radius 3 is 1.93 bits per heavy atom. The number of ether oxygens (including phenoxy) is 5. The second kappa shape index (κ2) is 24.5. The molecule has 0 bridgehead atoms. The third-order valence-corrected chi connectivity index (χ3v) is 12.7. The van der Waals surface area contributed by atoms with Crippen LogP contribution in [-0.4, -0.2) is 56.9 Å². The van der Waals surface area contributed by atoms with E-state index in [0.717, 1.165) is 41.3 Å². The number of carbonyl (C=O) groups excluding carboxylic acids is 1. The number of terminal acetylenes is 1. The number of benzene rings is 5. The SMILES string of the molecule is C#CCOc1ccc2c(c1)c(-c1ccc(C(C)C)cc1)nc(=O)n2CCc1cc(OC)cc(OC)c1.CCC(CC)(CCC#N)CNc1cc(OC)c(OC)cc1C(=O)c1ccc(C(C)C)cc1. The summed E-state index contributed by atoms with van der Waals surface area (Å²) in [4.78, 5) is 31.3. The van der Waals surface area contributed by atoms with Crippen LogP contribution in [0.15, 0.2) is 102 Å². The minimum Gasteiger partial charge on any atom is -0.497 e. The summed E-state index contributed by atoms with van der Waals surface area (Å²) in [6.07, 6.45) is 9.21. The van der Waals surface area contributed by atoms with Crippen molar-refractivity contribution in [3.8, 4) is 58.4 Å². The van der Waals surface area contributed by atoms with Crippen LogP contribution in [0, 0.1) is 29.1 Å². The van der Waals surface area contributed by atoms with Crippen molar-refractivity contribution in [1.82, 2.24) is 9.55 Å². The first-order valence-corrected chi connectivity index (χ1v) is 23.2. The second-order valence-corrected chi connectivity index (χ2v) is 17.4. The Kier molecular flexibility index (Phi) is 18.6. The van der Waals surface area contributed by atoms with E-state index >= 15 is 0 Å². The Balaban J connectivity index is 0.000000256. The van der Waals surface area contributed by atoms with E-state index in [4.69, 9.17) is 35.4 Å². The number of fused-ring (bicyclic) bond motifs is 1. The standard InChI is InChI=1S/C30H30N2O4.C27H36N2O3/c1-6-15-36-24-11-12-28-27(19-24)29(23-9-7-22(8-10-23)20(2)3)31-30(33)32(28)14-13-21-16-25(34-4)18-26(17-21)35-5;1-7-27(8-2,14-9-15-28)18-29-23-17-25(32-6)24(31-5)16-22(23)26(30)21-12-10-20(11-13-21)19(3)4/h1,7-12,16-20H,13-15H2,2-5H3;10-13,16-17,19,29H,7-9,14,18H2,1-6H3. The molecule has 0 amide bonds. The summed E-state index contributed by atoms with van der Waals surface area (Å²) in [5.41, 5.74) is 7.26. The molecule has 11 heteroatoms. The van der Waals surface area contributed by atoms with Crippen LogP contribution in [0.5, 0.6) is 28.7 Å². The lowest BCUT2D eigenvalue weighted by Gasteiger charge is -2.32. The minimum absolute atomic E-state index is 0.0118. The van der Waals surface area contributed by atoms with Crippen LogP contribution in [-0.2, 0) is 13.0 Å². The van der Waals surface area contributed by atoms with Gasteiger partial charge in [0.25, 0.3) is 0 Å². The average Bonchev–Trinajstić information content (AvgIpc) is 3.37. The lowest BCUT2D eigenvalue weighted by Crippen LogP contribution is -2.29. The number of rotatable bonds is 21. The summed E-state index contributed by atoms with van der Waals surface area (Å²) in [6.45, 7) is 14.1. The highest BCUT2D eigenvalue weighted by Crippen LogP contribution is 2.38. The van der Waals surface area contributed by atoms with Gasteiger partial charge in [-0.05, 0) is 96.0 Å². The molecule has 0 aliphatic carbocycles. The zero-order chi connectivity index (χ0) is 49.4. The molecule has 0 radical (unpaired) electrons. The number of methoxy groups -OCH3 is 4. The van der Waals surface area contributed by atoms with E-state index < -0.39 is 0 Å². The number of carbonyl (C=O) groups is 1. The molecular formula is C57H66N4O7. The van der Waals surface area contributed by atoms with Gasteiger partial charge in [0.05, 0.1) is 45.7 Å². The number of nitrogens with zero attached hydrogens (tertiary/aromatic N) is 3. The van der Waals surface area contributed by atoms with Crippen LogP contribution in [0.2, 0.25) is 0 Å². The fraction of sp³-hybridized carbons (Fsp3) is 0.368. The molecule has 0 spiro atoms. The normalized spacial score (nSPS) is 11.0. The summed E-state index contributed by atoms with van der Waals surface area (Å²) in [7, 11) is 6.39. The number of nitriles is 1. The van der Waals surface area contributed by atoms with E-state index in [0.29, 0.717) is 89.0 Å². The molecule has 0 aliphatic heterocycles. The van der Waals surface area contributed by atoms with E-state index in [1.54, 1.807) is 39.1 Å². The second-order valence-electron chi connectivity index (χ2n) is 17.4. The summed E-state index contributed by atoms with van der Waals surface area (Å²) in [5.74, 6) is 6.36. The Morgan fingerprint density at radius 1 is 0.779 bits per heavy atom. The van der Waals surface area contributed by atoms with Gasteiger partial charge in [-0.15, -0.1) is 6.42 Å². The van der Waals surface area contributed by atoms with Crippen LogP contribution in [0.4, 0.5) is 5.69 Å². The number of hydrogen-bond acceptors (Lipinski definition) is 10. The van der Waals surface area contributed by atoms with Gasteiger partial charge in [0, 0.05) is 59.4 Å². The maximum atomic E-state index is 13.5. The van der Waals surface area contributed by atoms with Gasteiger partial charge in [-0.3, -0.25) is 9.36 Å². The first-order valence-electron chi connectivity index (χ1n) is 23.2. The van der Waals surface area contributed by atoms with Gasteiger partial charge in [0.1, 0.15) is 23.9 Å². The van der Waals surface area contributed by atoms with Crippen molar-refractivity contribution in [3.63, 3.8) is 0 Å². The maximum Gasteiger partial charge on any atom is 0.348 e. The van der Waals surface area contributed by atoms with Crippen LogP contribution in [0.3, 0.4) is 0 Å². The topological polar surface area (TPSA) is 134 Å². The van der Waals surface area contributed by atoms with Crippen molar-refractivity contribution in [3.05, 3.63) is 135 Å². The predicted molar refractivity (Wildman–Crippen MR) is 273 cm³/mol.